The molecule has 16 nitrogen and oxygen atoms in total. The zero-order valence-electron chi connectivity index (χ0n) is 36.8. The molecular formula is C50H54N6O10. The molecule has 0 spiro atoms. The topological polar surface area (TPSA) is 210 Å². The van der Waals surface area contributed by atoms with Crippen LogP contribution in [-0.2, 0) is 51.2 Å². The van der Waals surface area contributed by atoms with Gasteiger partial charge in [0.25, 0.3) is 5.91 Å². The number of aromatic nitrogens is 1. The number of ether oxygens (including phenoxy) is 4. The number of imide groups is 1. The lowest BCUT2D eigenvalue weighted by molar-refractivity contribution is -0.129. The third-order valence-corrected chi connectivity index (χ3v) is 10.5. The van der Waals surface area contributed by atoms with Crippen molar-refractivity contribution in [1.82, 2.24) is 20.5 Å². The Morgan fingerprint density at radius 1 is 0.879 bits per heavy atom. The van der Waals surface area contributed by atoms with E-state index in [1.807, 2.05) is 73.7 Å². The maximum absolute atomic E-state index is 13.0. The predicted molar refractivity (Wildman–Crippen MR) is 249 cm³/mol. The lowest BCUT2D eigenvalue weighted by Gasteiger charge is -2.25. The van der Waals surface area contributed by atoms with Crippen molar-refractivity contribution >= 4 is 58.4 Å². The van der Waals surface area contributed by atoms with Crippen molar-refractivity contribution in [1.29, 1.82) is 0 Å². The first-order chi connectivity index (χ1) is 32.3. The van der Waals surface area contributed by atoms with Gasteiger partial charge in [-0.3, -0.25) is 29.3 Å². The number of carbonyl (C=O) groups excluding carboxylic acids is 5. The van der Waals surface area contributed by atoms with Crippen LogP contribution in [0.15, 0.2) is 96.0 Å². The molecule has 5 aromatic rings. The number of benzene rings is 4. The molecule has 1 aliphatic rings. The highest BCUT2D eigenvalue weighted by molar-refractivity contribution is 6.22. The number of aliphatic imine (C=N–C) groups is 1. The van der Waals surface area contributed by atoms with Gasteiger partial charge < -0.3 is 44.6 Å². The first kappa shape index (κ1) is 48.5. The normalized spacial score (nSPS) is 12.7. The number of hydrogen-bond donors (Lipinski definition) is 5. The third-order valence-electron chi connectivity index (χ3n) is 10.5. The van der Waals surface area contributed by atoms with E-state index in [4.69, 9.17) is 23.9 Å². The summed E-state index contributed by atoms with van der Waals surface area (Å²) in [5.41, 5.74) is 6.88. The summed E-state index contributed by atoms with van der Waals surface area (Å²) < 4.78 is 22.4. The molecule has 1 aliphatic heterocycles. The first-order valence-electron chi connectivity index (χ1n) is 21.8. The molecule has 2 heterocycles. The maximum atomic E-state index is 13.0. The Bertz CT molecular complexity index is 2530. The molecule has 0 saturated heterocycles. The number of H-pyrrole nitrogens is 1. The van der Waals surface area contributed by atoms with E-state index in [1.54, 1.807) is 24.3 Å². The Hall–Kier alpha value is -7.00. The highest BCUT2D eigenvalue weighted by Gasteiger charge is 2.36. The van der Waals surface area contributed by atoms with Crippen LogP contribution in [0, 0.1) is 11.8 Å². The van der Waals surface area contributed by atoms with Crippen LogP contribution < -0.4 is 16.0 Å². The van der Waals surface area contributed by atoms with Crippen molar-refractivity contribution in [3.05, 3.63) is 124 Å². The summed E-state index contributed by atoms with van der Waals surface area (Å²) in [4.78, 5) is 68.9. The molecule has 66 heavy (non-hydrogen) atoms. The largest absolute Gasteiger partial charge is 0.494 e. The van der Waals surface area contributed by atoms with Crippen molar-refractivity contribution in [2.45, 2.75) is 45.3 Å². The van der Waals surface area contributed by atoms with E-state index in [0.717, 1.165) is 22.2 Å². The number of carbonyl (C=O) groups is 5. The Morgan fingerprint density at radius 2 is 1.59 bits per heavy atom. The van der Waals surface area contributed by atoms with Gasteiger partial charge in [0.1, 0.15) is 6.04 Å². The van der Waals surface area contributed by atoms with Crippen LogP contribution in [0.25, 0.3) is 10.9 Å². The van der Waals surface area contributed by atoms with Gasteiger partial charge in [0.15, 0.2) is 12.2 Å². The zero-order chi connectivity index (χ0) is 46.5. The van der Waals surface area contributed by atoms with Crippen molar-refractivity contribution in [2.75, 3.05) is 64.7 Å². The Morgan fingerprint density at radius 3 is 2.29 bits per heavy atom. The van der Waals surface area contributed by atoms with E-state index >= 15 is 0 Å². The van der Waals surface area contributed by atoms with Crippen molar-refractivity contribution in [3.8, 4) is 17.7 Å². The van der Waals surface area contributed by atoms with Gasteiger partial charge >= 0.3 is 0 Å². The summed E-state index contributed by atoms with van der Waals surface area (Å²) in [6, 6.07) is 27.3. The predicted octanol–water partition coefficient (Wildman–Crippen LogP) is 5.17. The summed E-state index contributed by atoms with van der Waals surface area (Å²) in [7, 11) is 0. The van der Waals surface area contributed by atoms with Gasteiger partial charge in [-0.15, -0.1) is 0 Å². The van der Waals surface area contributed by atoms with Gasteiger partial charge in [0.2, 0.25) is 18.2 Å². The number of anilines is 1. The van der Waals surface area contributed by atoms with Crippen LogP contribution in [0.2, 0.25) is 0 Å². The minimum absolute atomic E-state index is 0.0103. The van der Waals surface area contributed by atoms with Crippen LogP contribution in [-0.4, -0.2) is 117 Å². The maximum Gasteiger partial charge on any atom is 0.255 e. The Labute approximate surface area is 383 Å². The fraction of sp³-hybridized carbons (Fsp3) is 0.320. The van der Waals surface area contributed by atoms with Gasteiger partial charge in [0.05, 0.1) is 81.8 Å². The second-order valence-corrected chi connectivity index (χ2v) is 15.1. The number of nitrogens with zero attached hydrogens (tertiary/aromatic N) is 2. The number of hydrogen-bond acceptors (Lipinski definition) is 12. The van der Waals surface area contributed by atoms with Crippen molar-refractivity contribution in [2.24, 2.45) is 4.99 Å². The molecule has 6 rings (SSSR count). The number of fused-ring (bicyclic) bond motifs is 2. The minimum Gasteiger partial charge on any atom is -0.494 e. The van der Waals surface area contributed by atoms with Gasteiger partial charge in [0, 0.05) is 47.4 Å². The summed E-state index contributed by atoms with van der Waals surface area (Å²) in [5.74, 6) is 4.15. The molecule has 1 atom stereocenters. The van der Waals surface area contributed by atoms with Crippen molar-refractivity contribution in [3.63, 3.8) is 0 Å². The molecule has 0 fully saturated rings. The molecule has 0 bridgehead atoms. The number of nitrogens with one attached hydrogen (secondary N) is 4. The van der Waals surface area contributed by atoms with Crippen LogP contribution in [0.1, 0.15) is 64.4 Å². The zero-order valence-corrected chi connectivity index (χ0v) is 36.8. The third kappa shape index (κ3) is 13.8. The molecule has 16 heteroatoms. The van der Waals surface area contributed by atoms with Gasteiger partial charge in [-0.2, -0.15) is 0 Å². The molecule has 1 aromatic heterocycles. The fourth-order valence-electron chi connectivity index (χ4n) is 7.35. The average Bonchev–Trinajstić information content (AvgIpc) is 3.83. The standard InChI is InChI=1S/C50H54N6O10/c1-2-7-44(48(60)52-34-58)56-33-38-31-40(16-18-41(38)50(56)62)53-45(59)19-22-63-24-26-65-28-29-66-27-25-64-23-20-51-32-36-11-14-39(15-12-36)54-47(37-9-4-3-5-10-37)46-42-17-13-35(8-6-21-57)30-43(42)55-49(46)61/h3-5,9-18,21,30-31,34,44,51,55,61H,2,7,19-20,22-29,32-33H2,1H3,(H,53,59)(H,52,58,60). The van der Waals surface area contributed by atoms with Gasteiger partial charge in [-0.1, -0.05) is 67.8 Å². The van der Waals surface area contributed by atoms with Crippen LogP contribution in [0.3, 0.4) is 0 Å². The Kier molecular flexibility index (Phi) is 18.7. The monoisotopic (exact) mass is 898 g/mol. The first-order valence-corrected chi connectivity index (χ1v) is 21.8. The lowest BCUT2D eigenvalue weighted by atomic mass is 10.00. The van der Waals surface area contributed by atoms with E-state index in [1.165, 1.54) is 4.90 Å². The molecule has 0 radical (unpaired) electrons. The molecule has 344 valence electrons. The molecule has 5 N–H and O–H groups in total. The lowest BCUT2D eigenvalue weighted by Crippen LogP contribution is -2.46. The molecule has 4 amide bonds. The highest BCUT2D eigenvalue weighted by atomic mass is 16.6. The number of aldehydes is 1. The molecule has 4 aromatic carbocycles. The van der Waals surface area contributed by atoms with Gasteiger partial charge in [-0.05, 0) is 65.9 Å². The SMILES string of the molecule is CCCC(C(=O)NC=O)N1Cc2cc(NC(=O)CCOCCOCCOCCOCCNCc3ccc(N=C(c4ccccc4)c4c(O)[nH]c5cc(C#CC=O)ccc45)cc3)ccc2C1=O. The minimum atomic E-state index is -0.756. The van der Waals surface area contributed by atoms with Gasteiger partial charge in [-0.25, -0.2) is 4.99 Å². The van der Waals surface area contributed by atoms with Crippen LogP contribution in [0.5, 0.6) is 5.88 Å². The van der Waals surface area contributed by atoms with E-state index in [9.17, 15) is 29.1 Å². The molecular weight excluding hydrogens is 845 g/mol. The summed E-state index contributed by atoms with van der Waals surface area (Å²) in [6.07, 6.45) is 2.08. The summed E-state index contributed by atoms with van der Waals surface area (Å²) in [5, 5.41) is 20.2. The van der Waals surface area contributed by atoms with E-state index in [2.05, 4.69) is 32.8 Å². The van der Waals surface area contributed by atoms with Crippen molar-refractivity contribution < 1.29 is 48.0 Å². The van der Waals surface area contributed by atoms with Crippen LogP contribution in [0.4, 0.5) is 11.4 Å². The van der Waals surface area contributed by atoms with E-state index < -0.39 is 11.9 Å². The molecule has 1 unspecified atom stereocenters. The summed E-state index contributed by atoms with van der Waals surface area (Å²) in [6.45, 7) is 6.53. The second kappa shape index (κ2) is 25.5. The van der Waals surface area contributed by atoms with E-state index in [-0.39, 0.29) is 37.3 Å². The fourth-order valence-corrected chi connectivity index (χ4v) is 7.35. The quantitative estimate of drug-likeness (QED) is 0.0212. The number of rotatable bonds is 26. The molecule has 0 aliphatic carbocycles. The highest BCUT2D eigenvalue weighted by Crippen LogP contribution is 2.33. The smallest absolute Gasteiger partial charge is 0.255 e. The Balaban J connectivity index is 0.799. The average molecular weight is 899 g/mol. The second-order valence-electron chi connectivity index (χ2n) is 15.1. The number of aromatic hydroxyl groups is 1. The number of amides is 4. The van der Waals surface area contributed by atoms with Crippen LogP contribution >= 0.6 is 0 Å². The summed E-state index contributed by atoms with van der Waals surface area (Å²) >= 11 is 0. The molecule has 0 saturated carbocycles. The number of aromatic amines is 1. The van der Waals surface area contributed by atoms with E-state index in [0.29, 0.717) is 124 Å².